The van der Waals surface area contributed by atoms with Gasteiger partial charge in [0.25, 0.3) is 5.91 Å². The Kier molecular flexibility index (Phi) is 8.21. The monoisotopic (exact) mass is 438 g/mol. The van der Waals surface area contributed by atoms with Gasteiger partial charge in [-0.05, 0) is 49.2 Å². The second-order valence-corrected chi connectivity index (χ2v) is 7.50. The molecule has 0 aliphatic rings. The molecule has 0 saturated heterocycles. The minimum Gasteiger partial charge on any atom is -0.497 e. The number of oxazole rings is 1. The second kappa shape index (κ2) is 11.3. The Morgan fingerprint density at radius 2 is 1.94 bits per heavy atom. The lowest BCUT2D eigenvalue weighted by atomic mass is 10.1. The van der Waals surface area contributed by atoms with Crippen LogP contribution in [0.2, 0.25) is 0 Å². The Morgan fingerprint density at radius 3 is 2.62 bits per heavy atom. The van der Waals surface area contributed by atoms with Gasteiger partial charge in [-0.3, -0.25) is 14.7 Å². The van der Waals surface area contributed by atoms with Crippen LogP contribution >= 0.6 is 0 Å². The molecular formula is C24H30N4O4. The molecule has 3 aromatic rings. The molecule has 1 N–H and O–H groups in total. The Balaban J connectivity index is 1.69. The van der Waals surface area contributed by atoms with Crippen LogP contribution in [-0.2, 0) is 19.6 Å². The largest absolute Gasteiger partial charge is 0.497 e. The molecule has 0 unspecified atom stereocenters. The third-order valence-corrected chi connectivity index (χ3v) is 5.40. The minimum atomic E-state index is -0.277. The van der Waals surface area contributed by atoms with Crippen LogP contribution in [0.15, 0.2) is 53.4 Å². The molecule has 1 amide bonds. The Hall–Kier alpha value is -3.39. The summed E-state index contributed by atoms with van der Waals surface area (Å²) in [6.45, 7) is 5.78. The van der Waals surface area contributed by atoms with Crippen LogP contribution in [0, 0.1) is 0 Å². The molecule has 0 spiro atoms. The van der Waals surface area contributed by atoms with E-state index in [1.807, 2.05) is 30.3 Å². The van der Waals surface area contributed by atoms with Crippen molar-refractivity contribution in [2.24, 2.45) is 0 Å². The van der Waals surface area contributed by atoms with Gasteiger partial charge >= 0.3 is 0 Å². The molecule has 8 heteroatoms. The number of methoxy groups -OCH3 is 2. The maximum Gasteiger partial charge on any atom is 0.273 e. The molecule has 1 atom stereocenters. The number of nitrogens with zero attached hydrogens (tertiary/aromatic N) is 3. The Labute approximate surface area is 188 Å². The van der Waals surface area contributed by atoms with Gasteiger partial charge in [-0.1, -0.05) is 6.92 Å². The molecule has 0 bridgehead atoms. The van der Waals surface area contributed by atoms with E-state index in [1.165, 1.54) is 6.26 Å². The van der Waals surface area contributed by atoms with E-state index in [2.05, 4.69) is 34.0 Å². The lowest BCUT2D eigenvalue weighted by Crippen LogP contribution is -2.32. The number of hydrogen-bond donors (Lipinski definition) is 1. The highest BCUT2D eigenvalue weighted by molar-refractivity contribution is 5.91. The average molecular weight is 439 g/mol. The van der Waals surface area contributed by atoms with Crippen molar-refractivity contribution < 1.29 is 18.7 Å². The van der Waals surface area contributed by atoms with Crippen molar-refractivity contribution in [2.75, 3.05) is 14.2 Å². The maximum atomic E-state index is 12.5. The molecule has 0 aliphatic carbocycles. The lowest BCUT2D eigenvalue weighted by molar-refractivity contribution is 0.0945. The van der Waals surface area contributed by atoms with E-state index in [1.54, 1.807) is 26.6 Å². The van der Waals surface area contributed by atoms with Gasteiger partial charge in [0.1, 0.15) is 17.8 Å². The number of amides is 1. The fourth-order valence-corrected chi connectivity index (χ4v) is 3.29. The molecular weight excluding hydrogens is 408 g/mol. The summed E-state index contributed by atoms with van der Waals surface area (Å²) in [5, 5.41) is 2.85. The predicted octanol–water partition coefficient (Wildman–Crippen LogP) is 3.82. The van der Waals surface area contributed by atoms with Gasteiger partial charge in [0, 0.05) is 37.1 Å². The van der Waals surface area contributed by atoms with Gasteiger partial charge in [-0.25, -0.2) is 4.98 Å². The van der Waals surface area contributed by atoms with Gasteiger partial charge in [-0.2, -0.15) is 0 Å². The van der Waals surface area contributed by atoms with Crippen molar-refractivity contribution in [3.63, 3.8) is 0 Å². The number of hydrogen-bond acceptors (Lipinski definition) is 7. The number of carbonyl (C=O) groups is 1. The lowest BCUT2D eigenvalue weighted by Gasteiger charge is -2.28. The van der Waals surface area contributed by atoms with Gasteiger partial charge < -0.3 is 19.2 Å². The third-order valence-electron chi connectivity index (χ3n) is 5.40. The van der Waals surface area contributed by atoms with Crippen LogP contribution in [0.3, 0.4) is 0 Å². The first kappa shape index (κ1) is 23.3. The van der Waals surface area contributed by atoms with E-state index in [4.69, 9.17) is 13.9 Å². The topological polar surface area (TPSA) is 89.7 Å². The number of rotatable bonds is 11. The van der Waals surface area contributed by atoms with Crippen LogP contribution in [0.4, 0.5) is 0 Å². The molecule has 2 heterocycles. The van der Waals surface area contributed by atoms with Crippen LogP contribution in [-0.4, -0.2) is 41.0 Å². The fraction of sp³-hybridized carbons (Fsp3) is 0.375. The quantitative estimate of drug-likeness (QED) is 0.487. The average Bonchev–Trinajstić information content (AvgIpc) is 3.30. The number of carbonyl (C=O) groups excluding carboxylic acids is 1. The van der Waals surface area contributed by atoms with E-state index in [0.29, 0.717) is 25.5 Å². The van der Waals surface area contributed by atoms with E-state index in [9.17, 15) is 4.79 Å². The highest BCUT2D eigenvalue weighted by Gasteiger charge is 2.20. The zero-order valence-corrected chi connectivity index (χ0v) is 19.0. The van der Waals surface area contributed by atoms with Gasteiger partial charge in [0.05, 0.1) is 20.8 Å². The molecule has 8 nitrogen and oxygen atoms in total. The molecule has 1 aromatic carbocycles. The normalized spacial score (nSPS) is 11.9. The van der Waals surface area contributed by atoms with Crippen LogP contribution in [0.1, 0.15) is 47.8 Å². The first-order valence-electron chi connectivity index (χ1n) is 10.6. The number of aromatic nitrogens is 2. The summed E-state index contributed by atoms with van der Waals surface area (Å²) in [5.41, 5.74) is 2.23. The molecule has 0 aliphatic heterocycles. The van der Waals surface area contributed by atoms with Crippen LogP contribution in [0.5, 0.6) is 11.5 Å². The van der Waals surface area contributed by atoms with Crippen molar-refractivity contribution in [2.45, 2.75) is 45.9 Å². The number of pyridine rings is 1. The smallest absolute Gasteiger partial charge is 0.273 e. The van der Waals surface area contributed by atoms with Crippen molar-refractivity contribution in [3.05, 3.63) is 71.7 Å². The minimum absolute atomic E-state index is 0.261. The summed E-state index contributed by atoms with van der Waals surface area (Å²) >= 11 is 0. The van der Waals surface area contributed by atoms with Gasteiger partial charge in [0.15, 0.2) is 5.69 Å². The van der Waals surface area contributed by atoms with E-state index in [0.717, 1.165) is 29.0 Å². The first-order chi connectivity index (χ1) is 15.5. The number of benzene rings is 1. The summed E-state index contributed by atoms with van der Waals surface area (Å²) in [5.74, 6) is 1.78. The maximum absolute atomic E-state index is 12.5. The van der Waals surface area contributed by atoms with Gasteiger partial charge in [0.2, 0.25) is 5.89 Å². The first-order valence-corrected chi connectivity index (χ1v) is 10.6. The SMILES string of the molecule is CC[C@@H](C)N(Cc1nc(C(=O)NCc2ccncc2)co1)Cc1cc(OC)ccc1OC. The molecule has 3 rings (SSSR count). The molecule has 2 aromatic heterocycles. The highest BCUT2D eigenvalue weighted by atomic mass is 16.5. The Morgan fingerprint density at radius 1 is 1.16 bits per heavy atom. The van der Waals surface area contributed by atoms with Crippen molar-refractivity contribution in [3.8, 4) is 11.5 Å². The Bertz CT molecular complexity index is 1010. The molecule has 32 heavy (non-hydrogen) atoms. The highest BCUT2D eigenvalue weighted by Crippen LogP contribution is 2.27. The fourth-order valence-electron chi connectivity index (χ4n) is 3.29. The molecule has 0 saturated carbocycles. The zero-order valence-electron chi connectivity index (χ0n) is 19.0. The van der Waals surface area contributed by atoms with Crippen molar-refractivity contribution >= 4 is 5.91 Å². The second-order valence-electron chi connectivity index (χ2n) is 7.50. The van der Waals surface area contributed by atoms with E-state index >= 15 is 0 Å². The number of nitrogens with one attached hydrogen (secondary N) is 1. The summed E-state index contributed by atoms with van der Waals surface area (Å²) in [6.07, 6.45) is 5.73. The summed E-state index contributed by atoms with van der Waals surface area (Å²) < 4.78 is 16.5. The molecule has 170 valence electrons. The summed E-state index contributed by atoms with van der Waals surface area (Å²) in [7, 11) is 3.30. The summed E-state index contributed by atoms with van der Waals surface area (Å²) in [4.78, 5) is 23.1. The molecule has 0 fully saturated rings. The van der Waals surface area contributed by atoms with E-state index in [-0.39, 0.29) is 17.6 Å². The van der Waals surface area contributed by atoms with Crippen LogP contribution < -0.4 is 14.8 Å². The zero-order chi connectivity index (χ0) is 22.9. The standard InChI is InChI=1S/C24H30N4O4/c1-5-17(2)28(14-19-12-20(30-3)6-7-22(19)31-4)15-23-27-21(16-32-23)24(29)26-13-18-8-10-25-11-9-18/h6-12,16-17H,5,13-15H2,1-4H3,(H,26,29)/t17-/m1/s1. The predicted molar refractivity (Wildman–Crippen MR) is 120 cm³/mol. The van der Waals surface area contributed by atoms with Crippen molar-refractivity contribution in [1.29, 1.82) is 0 Å². The van der Waals surface area contributed by atoms with E-state index < -0.39 is 0 Å². The van der Waals surface area contributed by atoms with Crippen LogP contribution in [0.25, 0.3) is 0 Å². The third kappa shape index (κ3) is 6.07. The van der Waals surface area contributed by atoms with Crippen molar-refractivity contribution in [1.82, 2.24) is 20.2 Å². The molecule has 0 radical (unpaired) electrons. The summed E-state index contributed by atoms with van der Waals surface area (Å²) in [6, 6.07) is 9.72. The number of ether oxygens (including phenoxy) is 2. The van der Waals surface area contributed by atoms with Gasteiger partial charge in [-0.15, -0.1) is 0 Å².